The van der Waals surface area contributed by atoms with Gasteiger partial charge in [0, 0.05) is 0 Å². The fourth-order valence-corrected chi connectivity index (χ4v) is 3.50. The molecule has 1 aromatic carbocycles. The Kier molecular flexibility index (Phi) is 3.72. The van der Waals surface area contributed by atoms with E-state index in [0.29, 0.717) is 24.0 Å². The van der Waals surface area contributed by atoms with Gasteiger partial charge in [0.1, 0.15) is 5.54 Å². The minimum absolute atomic E-state index is 0.240. The Labute approximate surface area is 129 Å². The summed E-state index contributed by atoms with van der Waals surface area (Å²) in [5.74, 6) is -1.21. The number of imide groups is 1. The number of ether oxygens (including phenoxy) is 1. The van der Waals surface area contributed by atoms with Crippen molar-refractivity contribution >= 4 is 17.8 Å². The first kappa shape index (κ1) is 14.8. The Hall–Kier alpha value is -2.17. The van der Waals surface area contributed by atoms with Crippen molar-refractivity contribution in [3.8, 4) is 0 Å². The van der Waals surface area contributed by atoms with Crippen LogP contribution in [0, 0.1) is 0 Å². The molecule has 0 unspecified atom stereocenters. The standard InChI is InChI=1S/C17H19NO4/c1-2-22-16(21)17(10-6-3-7-11-17)18-14(19)12-8-4-5-9-13(12)15(18)20/h4-5,8-9H,2-3,6-7,10-11H2,1H3. The first-order chi connectivity index (χ1) is 10.6. The minimum Gasteiger partial charge on any atom is -0.464 e. The summed E-state index contributed by atoms with van der Waals surface area (Å²) in [4.78, 5) is 39.2. The van der Waals surface area contributed by atoms with Crippen molar-refractivity contribution in [2.45, 2.75) is 44.6 Å². The quantitative estimate of drug-likeness (QED) is 0.636. The van der Waals surface area contributed by atoms with E-state index < -0.39 is 11.5 Å². The lowest BCUT2D eigenvalue weighted by molar-refractivity contribution is -0.157. The molecule has 116 valence electrons. The maximum Gasteiger partial charge on any atom is 0.332 e. The molecule has 5 nitrogen and oxygen atoms in total. The first-order valence-corrected chi connectivity index (χ1v) is 7.77. The average molecular weight is 301 g/mol. The van der Waals surface area contributed by atoms with Gasteiger partial charge in [-0.25, -0.2) is 4.79 Å². The second-order valence-corrected chi connectivity index (χ2v) is 5.80. The molecule has 1 aliphatic carbocycles. The molecule has 0 spiro atoms. The molecule has 1 saturated carbocycles. The van der Waals surface area contributed by atoms with Crippen molar-refractivity contribution in [1.29, 1.82) is 0 Å². The van der Waals surface area contributed by atoms with Crippen molar-refractivity contribution in [3.05, 3.63) is 35.4 Å². The second kappa shape index (κ2) is 5.55. The number of fused-ring (bicyclic) bond motifs is 1. The smallest absolute Gasteiger partial charge is 0.332 e. The largest absolute Gasteiger partial charge is 0.464 e. The maximum atomic E-state index is 12.7. The molecule has 2 amide bonds. The molecule has 0 N–H and O–H groups in total. The lowest BCUT2D eigenvalue weighted by Crippen LogP contribution is -2.58. The minimum atomic E-state index is -1.14. The fourth-order valence-electron chi connectivity index (χ4n) is 3.50. The zero-order valence-corrected chi connectivity index (χ0v) is 12.6. The first-order valence-electron chi connectivity index (χ1n) is 7.77. The Morgan fingerprint density at radius 2 is 1.64 bits per heavy atom. The van der Waals surface area contributed by atoms with Crippen LogP contribution in [0.3, 0.4) is 0 Å². The summed E-state index contributed by atoms with van der Waals surface area (Å²) >= 11 is 0. The van der Waals surface area contributed by atoms with Gasteiger partial charge in [-0.15, -0.1) is 0 Å². The number of nitrogens with zero attached hydrogens (tertiary/aromatic N) is 1. The van der Waals surface area contributed by atoms with Crippen molar-refractivity contribution in [2.24, 2.45) is 0 Å². The van der Waals surface area contributed by atoms with Gasteiger partial charge in [0.15, 0.2) is 0 Å². The van der Waals surface area contributed by atoms with Gasteiger partial charge in [0.2, 0.25) is 0 Å². The van der Waals surface area contributed by atoms with E-state index in [1.54, 1.807) is 31.2 Å². The molecule has 3 rings (SSSR count). The monoisotopic (exact) mass is 301 g/mol. The van der Waals surface area contributed by atoms with Crippen LogP contribution in [-0.2, 0) is 9.53 Å². The lowest BCUT2D eigenvalue weighted by atomic mass is 9.80. The molecule has 0 bridgehead atoms. The van der Waals surface area contributed by atoms with Gasteiger partial charge in [-0.2, -0.15) is 0 Å². The highest BCUT2D eigenvalue weighted by molar-refractivity contribution is 6.23. The Morgan fingerprint density at radius 1 is 1.09 bits per heavy atom. The Bertz CT molecular complexity index is 596. The van der Waals surface area contributed by atoms with Crippen molar-refractivity contribution < 1.29 is 19.1 Å². The molecule has 5 heteroatoms. The molecule has 1 heterocycles. The van der Waals surface area contributed by atoms with Gasteiger partial charge in [0.05, 0.1) is 17.7 Å². The van der Waals surface area contributed by atoms with Crippen LogP contribution in [0.25, 0.3) is 0 Å². The molecule has 1 aliphatic heterocycles. The summed E-state index contributed by atoms with van der Waals surface area (Å²) < 4.78 is 5.21. The molecule has 0 radical (unpaired) electrons. The third-order valence-electron chi connectivity index (χ3n) is 4.56. The maximum absolute atomic E-state index is 12.7. The summed E-state index contributed by atoms with van der Waals surface area (Å²) in [7, 11) is 0. The highest BCUT2D eigenvalue weighted by Crippen LogP contribution is 2.39. The zero-order chi connectivity index (χ0) is 15.7. The molecule has 22 heavy (non-hydrogen) atoms. The average Bonchev–Trinajstić information content (AvgIpc) is 2.80. The molecule has 0 aromatic heterocycles. The molecule has 2 aliphatic rings. The molecular weight excluding hydrogens is 282 g/mol. The van der Waals surface area contributed by atoms with Gasteiger partial charge in [-0.05, 0) is 31.9 Å². The van der Waals surface area contributed by atoms with E-state index in [1.165, 1.54) is 0 Å². The summed E-state index contributed by atoms with van der Waals surface area (Å²) in [6, 6.07) is 6.73. The fraction of sp³-hybridized carbons (Fsp3) is 0.471. The number of carbonyl (C=O) groups excluding carboxylic acids is 3. The predicted molar refractivity (Wildman–Crippen MR) is 79.4 cm³/mol. The number of benzene rings is 1. The third-order valence-corrected chi connectivity index (χ3v) is 4.56. The summed E-state index contributed by atoms with van der Waals surface area (Å²) in [6.07, 6.45) is 3.59. The lowest BCUT2D eigenvalue weighted by Gasteiger charge is -2.40. The Balaban J connectivity index is 2.05. The summed E-state index contributed by atoms with van der Waals surface area (Å²) in [6.45, 7) is 1.97. The number of esters is 1. The Morgan fingerprint density at radius 3 is 2.14 bits per heavy atom. The number of hydrogen-bond acceptors (Lipinski definition) is 4. The zero-order valence-electron chi connectivity index (χ0n) is 12.6. The van der Waals surface area contributed by atoms with Crippen LogP contribution in [0.2, 0.25) is 0 Å². The van der Waals surface area contributed by atoms with E-state index in [4.69, 9.17) is 4.74 Å². The van der Waals surface area contributed by atoms with Crippen molar-refractivity contribution in [3.63, 3.8) is 0 Å². The van der Waals surface area contributed by atoms with Crippen molar-refractivity contribution in [2.75, 3.05) is 6.61 Å². The predicted octanol–water partition coefficient (Wildman–Crippen LogP) is 2.55. The van der Waals surface area contributed by atoms with E-state index in [-0.39, 0.29) is 18.4 Å². The number of carbonyl (C=O) groups is 3. The van der Waals surface area contributed by atoms with Crippen LogP contribution < -0.4 is 0 Å². The number of amides is 2. The van der Waals surface area contributed by atoms with Crippen LogP contribution in [-0.4, -0.2) is 34.8 Å². The summed E-state index contributed by atoms with van der Waals surface area (Å²) in [5.41, 5.74) is -0.384. The van der Waals surface area contributed by atoms with Crippen LogP contribution in [0.4, 0.5) is 0 Å². The van der Waals surface area contributed by atoms with Crippen LogP contribution in [0.1, 0.15) is 59.7 Å². The topological polar surface area (TPSA) is 63.7 Å². The van der Waals surface area contributed by atoms with Gasteiger partial charge in [-0.1, -0.05) is 31.4 Å². The third kappa shape index (κ3) is 2.03. The van der Waals surface area contributed by atoms with Crippen LogP contribution in [0.5, 0.6) is 0 Å². The SMILES string of the molecule is CCOC(=O)C1(N2C(=O)c3ccccc3C2=O)CCCCC1. The van der Waals surface area contributed by atoms with E-state index in [2.05, 4.69) is 0 Å². The molecule has 1 aromatic rings. The van der Waals surface area contributed by atoms with E-state index >= 15 is 0 Å². The van der Waals surface area contributed by atoms with E-state index in [1.807, 2.05) is 0 Å². The van der Waals surface area contributed by atoms with Gasteiger partial charge >= 0.3 is 5.97 Å². The number of rotatable bonds is 3. The van der Waals surface area contributed by atoms with Crippen molar-refractivity contribution in [1.82, 2.24) is 4.90 Å². The van der Waals surface area contributed by atoms with Gasteiger partial charge < -0.3 is 4.74 Å². The number of hydrogen-bond donors (Lipinski definition) is 0. The van der Waals surface area contributed by atoms with Crippen LogP contribution in [0.15, 0.2) is 24.3 Å². The molecular formula is C17H19NO4. The molecule has 0 atom stereocenters. The van der Waals surface area contributed by atoms with E-state index in [9.17, 15) is 14.4 Å². The molecule has 1 fully saturated rings. The highest BCUT2D eigenvalue weighted by Gasteiger charge is 2.54. The normalized spacial score (nSPS) is 20.0. The summed E-state index contributed by atoms with van der Waals surface area (Å²) in [5, 5.41) is 0. The second-order valence-electron chi connectivity index (χ2n) is 5.80. The molecule has 0 saturated heterocycles. The van der Waals surface area contributed by atoms with E-state index in [0.717, 1.165) is 24.2 Å². The van der Waals surface area contributed by atoms with Gasteiger partial charge in [0.25, 0.3) is 11.8 Å². The highest BCUT2D eigenvalue weighted by atomic mass is 16.5. The van der Waals surface area contributed by atoms with Crippen LogP contribution >= 0.6 is 0 Å². The van der Waals surface area contributed by atoms with Gasteiger partial charge in [-0.3, -0.25) is 14.5 Å².